The Bertz CT molecular complexity index is 356. The quantitative estimate of drug-likeness (QED) is 0.215. The number of allylic oxidation sites excluding steroid dienone is 2. The maximum Gasteiger partial charge on any atom is 0.540 e. The molecule has 0 spiro atoms. The molecule has 0 heterocycles. The van der Waals surface area contributed by atoms with Crippen LogP contribution < -0.4 is 0 Å². The molecule has 0 unspecified atom stereocenters. The van der Waals surface area contributed by atoms with Crippen molar-refractivity contribution in [1.82, 2.24) is 0 Å². The second-order valence-corrected chi connectivity index (χ2v) is 14.6. The zero-order valence-electron chi connectivity index (χ0n) is 13.3. The molecule has 0 aromatic heterocycles. The van der Waals surface area contributed by atoms with Gasteiger partial charge in [0, 0.05) is 33.5 Å². The monoisotopic (exact) mass is 318 g/mol. The number of carbonyl (C=O) groups excluding carboxylic acids is 1. The van der Waals surface area contributed by atoms with Crippen LogP contribution in [-0.2, 0) is 23.1 Å². The first kappa shape index (κ1) is 19.3. The van der Waals surface area contributed by atoms with Crippen molar-refractivity contribution in [3.05, 3.63) is 24.3 Å². The normalized spacial score (nSPS) is 13.2. The lowest BCUT2D eigenvalue weighted by atomic mass is 10.2. The van der Waals surface area contributed by atoms with Gasteiger partial charge in [0.2, 0.25) is 0 Å². The molecule has 7 heteroatoms. The van der Waals surface area contributed by atoms with Crippen molar-refractivity contribution >= 4 is 22.8 Å². The Kier molecular flexibility index (Phi) is 8.21. The molecule has 0 N–H and O–H groups in total. The number of hydrogen-bond donors (Lipinski definition) is 0. The van der Waals surface area contributed by atoms with Gasteiger partial charge in [0.25, 0.3) is 0 Å². The summed E-state index contributed by atoms with van der Waals surface area (Å²) >= 11 is 0. The summed E-state index contributed by atoms with van der Waals surface area (Å²) in [6, 6.07) is 0. The zero-order valence-corrected chi connectivity index (χ0v) is 15.3. The van der Waals surface area contributed by atoms with Crippen LogP contribution in [0, 0.1) is 0 Å². The van der Waals surface area contributed by atoms with E-state index in [0.717, 1.165) is 0 Å². The molecule has 0 aromatic carbocycles. The highest BCUT2D eigenvalue weighted by molar-refractivity contribution is 6.88. The molecule has 20 heavy (non-hydrogen) atoms. The van der Waals surface area contributed by atoms with Crippen LogP contribution in [-0.4, -0.2) is 37.1 Å². The predicted octanol–water partition coefficient (Wildman–Crippen LogP) is 3.09. The molecule has 0 rings (SSSR count). The zero-order chi connectivity index (χ0) is 15.8. The summed E-state index contributed by atoms with van der Waals surface area (Å²) in [5, 5.41) is 0. The Balaban J connectivity index is 4.70. The third kappa shape index (κ3) is 7.15. The van der Waals surface area contributed by atoms with Crippen molar-refractivity contribution < 1.29 is 23.1 Å². The first-order chi connectivity index (χ1) is 9.19. The van der Waals surface area contributed by atoms with Crippen molar-refractivity contribution in [3.63, 3.8) is 0 Å². The fourth-order valence-corrected chi connectivity index (χ4v) is 8.58. The van der Waals surface area contributed by atoms with Gasteiger partial charge in [-0.3, -0.25) is 4.89 Å². The van der Waals surface area contributed by atoms with Gasteiger partial charge in [-0.15, -0.1) is 6.58 Å². The van der Waals surface area contributed by atoms with Gasteiger partial charge in [-0.25, -0.2) is 4.79 Å². The van der Waals surface area contributed by atoms with Gasteiger partial charge in [0.1, 0.15) is 0 Å². The predicted molar refractivity (Wildman–Crippen MR) is 83.7 cm³/mol. The number of hydrogen-bond acceptors (Lipinski definition) is 5. The van der Waals surface area contributed by atoms with Crippen LogP contribution in [0.2, 0.25) is 25.3 Å². The second-order valence-electron chi connectivity index (χ2n) is 5.69. The minimum atomic E-state index is -2.95. The largest absolute Gasteiger partial charge is 0.540 e. The Morgan fingerprint density at radius 3 is 2.15 bits per heavy atom. The van der Waals surface area contributed by atoms with Gasteiger partial charge < -0.3 is 8.85 Å². The third-order valence-corrected chi connectivity index (χ3v) is 10.1. The number of rotatable bonds is 9. The Morgan fingerprint density at radius 2 is 1.75 bits per heavy atom. The fraction of sp³-hybridized carbons (Fsp3) is 0.615. The molecule has 0 radical (unpaired) electrons. The summed E-state index contributed by atoms with van der Waals surface area (Å²) in [6.45, 7) is 11.8. The molecule has 0 bridgehead atoms. The summed E-state index contributed by atoms with van der Waals surface area (Å²) < 4.78 is 16.1. The van der Waals surface area contributed by atoms with Gasteiger partial charge in [-0.1, -0.05) is 31.8 Å². The van der Waals surface area contributed by atoms with E-state index in [9.17, 15) is 4.79 Å². The van der Waals surface area contributed by atoms with Gasteiger partial charge >= 0.3 is 14.8 Å². The van der Waals surface area contributed by atoms with E-state index in [2.05, 4.69) is 26.2 Å². The van der Waals surface area contributed by atoms with E-state index in [1.165, 1.54) is 14.2 Å². The lowest BCUT2D eigenvalue weighted by Crippen LogP contribution is -2.50. The molecular weight excluding hydrogens is 292 g/mol. The van der Waals surface area contributed by atoms with Crippen LogP contribution >= 0.6 is 0 Å². The van der Waals surface area contributed by atoms with Crippen LogP contribution in [0.4, 0.5) is 0 Å². The second kappa shape index (κ2) is 8.53. The molecule has 0 amide bonds. The molecule has 0 aliphatic rings. The third-order valence-electron chi connectivity index (χ3n) is 2.53. The first-order valence-corrected chi connectivity index (χ1v) is 12.1. The minimum absolute atomic E-state index is 0.466. The first-order valence-electron chi connectivity index (χ1n) is 6.47. The average molecular weight is 319 g/mol. The van der Waals surface area contributed by atoms with Crippen LogP contribution in [0.15, 0.2) is 24.3 Å². The van der Waals surface area contributed by atoms with Gasteiger partial charge in [-0.2, -0.15) is 4.58 Å². The van der Waals surface area contributed by atoms with Crippen molar-refractivity contribution in [3.8, 4) is 0 Å². The molecule has 0 aromatic rings. The van der Waals surface area contributed by atoms with E-state index < -0.39 is 22.8 Å². The average Bonchev–Trinajstić information content (AvgIpc) is 2.39. The molecule has 0 saturated carbocycles. The van der Waals surface area contributed by atoms with Gasteiger partial charge in [0.15, 0.2) is 0 Å². The lowest BCUT2D eigenvalue weighted by molar-refractivity contribution is -0.234. The Hall–Kier alpha value is -0.736. The molecule has 5 nitrogen and oxygen atoms in total. The highest BCUT2D eigenvalue weighted by atomic mass is 28.4. The smallest absolute Gasteiger partial charge is 0.375 e. The molecular formula is C13H26O5Si2. The standard InChI is InChI=1S/C13H26O5Si2/c1-8-9-10-12(2)13(14)17-18-20(15-3,16-4)11-19(5,6)7/h8,10H,1,9,11H2,2-7H3. The highest BCUT2D eigenvalue weighted by Crippen LogP contribution is 2.22. The van der Waals surface area contributed by atoms with Crippen LogP contribution in [0.5, 0.6) is 0 Å². The maximum atomic E-state index is 11.8. The van der Waals surface area contributed by atoms with E-state index in [4.69, 9.17) is 18.3 Å². The topological polar surface area (TPSA) is 54.0 Å². The van der Waals surface area contributed by atoms with E-state index in [1.807, 2.05) is 0 Å². The summed E-state index contributed by atoms with van der Waals surface area (Å²) in [4.78, 5) is 16.7. The van der Waals surface area contributed by atoms with Crippen LogP contribution in [0.1, 0.15) is 13.3 Å². The molecule has 0 saturated heterocycles. The highest BCUT2D eigenvalue weighted by Gasteiger charge is 2.46. The van der Waals surface area contributed by atoms with Crippen molar-refractivity contribution in [2.24, 2.45) is 0 Å². The maximum absolute atomic E-state index is 11.8. The summed E-state index contributed by atoms with van der Waals surface area (Å²) in [7, 11) is -1.40. The lowest BCUT2D eigenvalue weighted by Gasteiger charge is -2.29. The minimum Gasteiger partial charge on any atom is -0.375 e. The van der Waals surface area contributed by atoms with E-state index in [-0.39, 0.29) is 0 Å². The van der Waals surface area contributed by atoms with Crippen LogP contribution in [0.25, 0.3) is 0 Å². The Morgan fingerprint density at radius 1 is 1.20 bits per heavy atom. The van der Waals surface area contributed by atoms with Gasteiger partial charge in [0.05, 0.1) is 0 Å². The molecule has 116 valence electrons. The van der Waals surface area contributed by atoms with E-state index >= 15 is 0 Å². The Labute approximate surface area is 123 Å². The van der Waals surface area contributed by atoms with E-state index in [1.54, 1.807) is 19.1 Å². The molecule has 0 atom stereocenters. The van der Waals surface area contributed by atoms with E-state index in [0.29, 0.717) is 17.7 Å². The van der Waals surface area contributed by atoms with Gasteiger partial charge in [-0.05, 0) is 13.3 Å². The number of carbonyl (C=O) groups is 1. The molecule has 0 aliphatic carbocycles. The van der Waals surface area contributed by atoms with Crippen molar-refractivity contribution in [1.29, 1.82) is 0 Å². The SMILES string of the molecule is C=CCC=C(C)C(=O)OO[Si](C[Si](C)(C)C)(OC)OC. The molecule has 0 fully saturated rings. The summed E-state index contributed by atoms with van der Waals surface area (Å²) in [6.07, 6.45) is 4.03. The summed E-state index contributed by atoms with van der Waals surface area (Å²) in [5.74, 6) is -0.534. The van der Waals surface area contributed by atoms with Crippen molar-refractivity contribution in [2.75, 3.05) is 14.2 Å². The van der Waals surface area contributed by atoms with Crippen LogP contribution in [0.3, 0.4) is 0 Å². The molecule has 0 aliphatic heterocycles. The van der Waals surface area contributed by atoms with Crippen molar-refractivity contribution in [2.45, 2.75) is 38.7 Å². The summed E-state index contributed by atoms with van der Waals surface area (Å²) in [5.41, 5.74) is 1.14. The fourth-order valence-electron chi connectivity index (χ4n) is 1.49.